The molecule has 0 aliphatic carbocycles. The van der Waals surface area contributed by atoms with Crippen molar-refractivity contribution in [2.45, 2.75) is 12.6 Å². The van der Waals surface area contributed by atoms with E-state index in [2.05, 4.69) is 5.32 Å². The molecular weight excluding hydrogens is 256 g/mol. The van der Waals surface area contributed by atoms with E-state index in [-0.39, 0.29) is 17.0 Å². The summed E-state index contributed by atoms with van der Waals surface area (Å²) >= 11 is 1.10. The van der Waals surface area contributed by atoms with Gasteiger partial charge in [0.1, 0.15) is 6.04 Å². The van der Waals surface area contributed by atoms with Gasteiger partial charge in [0.05, 0.1) is 4.92 Å². The van der Waals surface area contributed by atoms with Crippen molar-refractivity contribution >= 4 is 22.2 Å². The molecule has 0 spiro atoms. The molecule has 1 aromatic heterocycles. The summed E-state index contributed by atoms with van der Waals surface area (Å²) < 4.78 is 0. The molecule has 0 bridgehead atoms. The molecule has 1 fully saturated rings. The zero-order valence-electron chi connectivity index (χ0n) is 9.67. The Hall–Kier alpha value is -1.51. The third kappa shape index (κ3) is 2.84. The first-order valence-corrected chi connectivity index (χ1v) is 6.42. The zero-order valence-corrected chi connectivity index (χ0v) is 10.5. The average molecular weight is 270 g/mol. The second kappa shape index (κ2) is 5.42. The number of rotatable bonds is 4. The minimum Gasteiger partial charge on any atom is -0.368 e. The van der Waals surface area contributed by atoms with Gasteiger partial charge in [-0.05, 0) is 5.56 Å². The first-order chi connectivity index (χ1) is 8.58. The fourth-order valence-electron chi connectivity index (χ4n) is 1.99. The number of nitrogens with zero attached hydrogens (tertiary/aromatic N) is 2. The lowest BCUT2D eigenvalue weighted by molar-refractivity contribution is -0.380. The fourth-order valence-corrected chi connectivity index (χ4v) is 2.71. The van der Waals surface area contributed by atoms with Crippen molar-refractivity contribution in [2.24, 2.45) is 5.73 Å². The van der Waals surface area contributed by atoms with Crippen LogP contribution in [0.25, 0.3) is 0 Å². The van der Waals surface area contributed by atoms with Crippen molar-refractivity contribution in [1.82, 2.24) is 10.2 Å². The standard InChI is InChI=1S/C10H14N4O3S/c11-10(15)8-4-12-1-2-13(8)5-7-3-9(14(16)17)18-6-7/h3,6,8,12H,1-2,4-5H2,(H2,11,15). The summed E-state index contributed by atoms with van der Waals surface area (Å²) in [6.07, 6.45) is 0. The van der Waals surface area contributed by atoms with Crippen LogP contribution in [0.15, 0.2) is 11.4 Å². The highest BCUT2D eigenvalue weighted by atomic mass is 32.1. The number of thiophene rings is 1. The summed E-state index contributed by atoms with van der Waals surface area (Å²) in [5.41, 5.74) is 6.19. The van der Waals surface area contributed by atoms with Crippen molar-refractivity contribution in [3.8, 4) is 0 Å². The Morgan fingerprint density at radius 2 is 2.50 bits per heavy atom. The van der Waals surface area contributed by atoms with Crippen LogP contribution >= 0.6 is 11.3 Å². The van der Waals surface area contributed by atoms with Gasteiger partial charge in [-0.3, -0.25) is 19.8 Å². The molecule has 0 aromatic carbocycles. The minimum absolute atomic E-state index is 0.121. The van der Waals surface area contributed by atoms with E-state index in [9.17, 15) is 14.9 Å². The van der Waals surface area contributed by atoms with E-state index in [1.54, 1.807) is 11.4 Å². The van der Waals surface area contributed by atoms with Crippen molar-refractivity contribution in [2.75, 3.05) is 19.6 Å². The maximum absolute atomic E-state index is 11.3. The molecule has 0 radical (unpaired) electrons. The molecule has 1 aliphatic heterocycles. The van der Waals surface area contributed by atoms with Gasteiger partial charge >= 0.3 is 5.00 Å². The van der Waals surface area contributed by atoms with Gasteiger partial charge in [-0.15, -0.1) is 0 Å². The lowest BCUT2D eigenvalue weighted by atomic mass is 10.1. The molecule has 1 aliphatic rings. The molecule has 1 amide bonds. The molecule has 0 saturated carbocycles. The van der Waals surface area contributed by atoms with Crippen LogP contribution in [0.4, 0.5) is 5.00 Å². The van der Waals surface area contributed by atoms with Crippen LogP contribution in [0.2, 0.25) is 0 Å². The van der Waals surface area contributed by atoms with Crippen LogP contribution in [0, 0.1) is 10.1 Å². The number of carbonyl (C=O) groups excluding carboxylic acids is 1. The topological polar surface area (TPSA) is 102 Å². The minimum atomic E-state index is -0.405. The maximum Gasteiger partial charge on any atom is 0.324 e. The number of piperazine rings is 1. The third-order valence-electron chi connectivity index (χ3n) is 2.89. The monoisotopic (exact) mass is 270 g/mol. The second-order valence-electron chi connectivity index (χ2n) is 4.14. The molecule has 7 nitrogen and oxygen atoms in total. The first-order valence-electron chi connectivity index (χ1n) is 5.54. The highest BCUT2D eigenvalue weighted by Crippen LogP contribution is 2.24. The Morgan fingerprint density at radius 1 is 1.72 bits per heavy atom. The first kappa shape index (κ1) is 12.9. The lowest BCUT2D eigenvalue weighted by Crippen LogP contribution is -2.56. The molecule has 1 aromatic rings. The molecule has 1 saturated heterocycles. The summed E-state index contributed by atoms with van der Waals surface area (Å²) in [7, 11) is 0. The van der Waals surface area contributed by atoms with Crippen LogP contribution in [0.5, 0.6) is 0 Å². The fraction of sp³-hybridized carbons (Fsp3) is 0.500. The second-order valence-corrected chi connectivity index (χ2v) is 5.03. The number of amides is 1. The molecular formula is C10H14N4O3S. The van der Waals surface area contributed by atoms with Crippen LogP contribution in [0.1, 0.15) is 5.56 Å². The van der Waals surface area contributed by atoms with Gasteiger partial charge in [0, 0.05) is 37.6 Å². The van der Waals surface area contributed by atoms with E-state index < -0.39 is 4.92 Å². The Balaban J connectivity index is 2.06. The molecule has 3 N–H and O–H groups in total. The molecule has 1 atom stereocenters. The van der Waals surface area contributed by atoms with Gasteiger partial charge in [0.25, 0.3) is 0 Å². The number of hydrogen-bond acceptors (Lipinski definition) is 6. The quantitative estimate of drug-likeness (QED) is 0.588. The molecule has 2 heterocycles. The summed E-state index contributed by atoms with van der Waals surface area (Å²) in [5.74, 6) is -0.369. The van der Waals surface area contributed by atoms with E-state index in [0.717, 1.165) is 23.4 Å². The largest absolute Gasteiger partial charge is 0.368 e. The van der Waals surface area contributed by atoms with Crippen LogP contribution in [-0.4, -0.2) is 41.4 Å². The van der Waals surface area contributed by atoms with Gasteiger partial charge in [0.15, 0.2) is 0 Å². The van der Waals surface area contributed by atoms with Gasteiger partial charge in [-0.25, -0.2) is 0 Å². The van der Waals surface area contributed by atoms with Gasteiger partial charge in [-0.1, -0.05) is 11.3 Å². The van der Waals surface area contributed by atoms with Crippen LogP contribution in [-0.2, 0) is 11.3 Å². The van der Waals surface area contributed by atoms with E-state index in [0.29, 0.717) is 19.6 Å². The van der Waals surface area contributed by atoms with E-state index in [4.69, 9.17) is 5.73 Å². The van der Waals surface area contributed by atoms with Crippen LogP contribution in [0.3, 0.4) is 0 Å². The predicted octanol–water partition coefficient (Wildman–Crippen LogP) is -0.0846. The highest BCUT2D eigenvalue weighted by molar-refractivity contribution is 7.13. The highest BCUT2D eigenvalue weighted by Gasteiger charge is 2.27. The number of nitrogens with two attached hydrogens (primary N) is 1. The Labute approximate surface area is 108 Å². The average Bonchev–Trinajstić information content (AvgIpc) is 2.78. The molecule has 18 heavy (non-hydrogen) atoms. The molecule has 1 unspecified atom stereocenters. The number of hydrogen-bond donors (Lipinski definition) is 2. The van der Waals surface area contributed by atoms with Gasteiger partial charge in [0.2, 0.25) is 5.91 Å². The van der Waals surface area contributed by atoms with Crippen molar-refractivity contribution in [3.63, 3.8) is 0 Å². The Morgan fingerprint density at radius 3 is 3.11 bits per heavy atom. The van der Waals surface area contributed by atoms with Crippen molar-refractivity contribution < 1.29 is 9.72 Å². The third-order valence-corrected chi connectivity index (χ3v) is 3.82. The Bertz CT molecular complexity index is 462. The van der Waals surface area contributed by atoms with E-state index >= 15 is 0 Å². The summed E-state index contributed by atoms with van der Waals surface area (Å²) in [4.78, 5) is 23.4. The van der Waals surface area contributed by atoms with Crippen LogP contribution < -0.4 is 11.1 Å². The normalized spacial score (nSPS) is 20.8. The van der Waals surface area contributed by atoms with Crippen molar-refractivity contribution in [3.05, 3.63) is 27.1 Å². The maximum atomic E-state index is 11.3. The predicted molar refractivity (Wildman–Crippen MR) is 67.2 cm³/mol. The number of primary amides is 1. The molecule has 98 valence electrons. The lowest BCUT2D eigenvalue weighted by Gasteiger charge is -2.33. The molecule has 2 rings (SSSR count). The number of nitrogens with one attached hydrogen (secondary N) is 1. The smallest absolute Gasteiger partial charge is 0.324 e. The van der Waals surface area contributed by atoms with Gasteiger partial charge in [-0.2, -0.15) is 0 Å². The van der Waals surface area contributed by atoms with E-state index in [1.807, 2.05) is 4.90 Å². The van der Waals surface area contributed by atoms with Gasteiger partial charge < -0.3 is 11.1 Å². The summed E-state index contributed by atoms with van der Waals surface area (Å²) in [6, 6.07) is 1.20. The molecule has 8 heteroatoms. The van der Waals surface area contributed by atoms with E-state index in [1.165, 1.54) is 0 Å². The number of carbonyl (C=O) groups is 1. The summed E-state index contributed by atoms with van der Waals surface area (Å²) in [5, 5.41) is 15.6. The van der Waals surface area contributed by atoms with Crippen molar-refractivity contribution in [1.29, 1.82) is 0 Å². The Kier molecular flexibility index (Phi) is 3.90. The zero-order chi connectivity index (χ0) is 13.1. The number of nitro groups is 1. The summed E-state index contributed by atoms with van der Waals surface area (Å²) in [6.45, 7) is 2.54. The SMILES string of the molecule is NC(=O)C1CNCCN1Cc1csc([N+](=O)[O-])c1.